The number of hydrogen-bond acceptors (Lipinski definition) is 1. The van der Waals surface area contributed by atoms with Crippen LogP contribution in [0.2, 0.25) is 0 Å². The van der Waals surface area contributed by atoms with E-state index in [4.69, 9.17) is 11.6 Å². The van der Waals surface area contributed by atoms with Crippen molar-refractivity contribution in [1.29, 1.82) is 0 Å². The predicted octanol–water partition coefficient (Wildman–Crippen LogP) is 2.93. The van der Waals surface area contributed by atoms with Gasteiger partial charge in [0.2, 0.25) is 0 Å². The summed E-state index contributed by atoms with van der Waals surface area (Å²) in [6.45, 7) is 4.08. The minimum atomic E-state index is -0.0295. The first kappa shape index (κ1) is 11.2. The minimum absolute atomic E-state index is 0.0295. The molecule has 2 aromatic rings. The van der Waals surface area contributed by atoms with Crippen molar-refractivity contribution in [3.8, 4) is 0 Å². The van der Waals surface area contributed by atoms with Crippen LogP contribution in [-0.4, -0.2) is 10.9 Å². The molecule has 16 heavy (non-hydrogen) atoms. The molecule has 0 saturated carbocycles. The van der Waals surface area contributed by atoms with Crippen LogP contribution in [0.5, 0.6) is 0 Å². The summed E-state index contributed by atoms with van der Waals surface area (Å²) >= 11 is 5.67. The lowest BCUT2D eigenvalue weighted by atomic mass is 10.0. The first-order valence-corrected chi connectivity index (χ1v) is 5.84. The third kappa shape index (κ3) is 1.98. The predicted molar refractivity (Wildman–Crippen MR) is 68.5 cm³/mol. The third-order valence-corrected chi connectivity index (χ3v) is 2.94. The van der Waals surface area contributed by atoms with Crippen LogP contribution in [0.3, 0.4) is 0 Å². The van der Waals surface area contributed by atoms with E-state index in [0.717, 1.165) is 22.0 Å². The van der Waals surface area contributed by atoms with Gasteiger partial charge >= 0.3 is 0 Å². The summed E-state index contributed by atoms with van der Waals surface area (Å²) in [7, 11) is 0. The summed E-state index contributed by atoms with van der Waals surface area (Å²) in [5, 5.41) is 1.10. The van der Waals surface area contributed by atoms with Gasteiger partial charge in [-0.1, -0.05) is 6.07 Å². The zero-order chi connectivity index (χ0) is 11.7. The maximum absolute atomic E-state index is 11.7. The Balaban J connectivity index is 2.74. The lowest BCUT2D eigenvalue weighted by Crippen LogP contribution is -2.13. The molecule has 0 unspecified atom stereocenters. The zero-order valence-electron chi connectivity index (χ0n) is 9.43. The molecule has 1 aromatic carbocycles. The van der Waals surface area contributed by atoms with E-state index in [9.17, 15) is 4.79 Å². The highest BCUT2D eigenvalue weighted by Crippen LogP contribution is 2.18. The molecule has 2 nitrogen and oxygen atoms in total. The standard InChI is InChI=1S/C13H14ClNO/c1-8-5-9(2)11-7-10(3-4-14)13(16)15-12(11)6-8/h5-7H,3-4H2,1-2H3,(H,15,16). The molecular weight excluding hydrogens is 222 g/mol. The molecule has 1 N–H and O–H groups in total. The van der Waals surface area contributed by atoms with E-state index in [-0.39, 0.29) is 5.56 Å². The fourth-order valence-corrected chi connectivity index (χ4v) is 2.21. The van der Waals surface area contributed by atoms with E-state index >= 15 is 0 Å². The number of nitrogens with one attached hydrogen (secondary N) is 1. The van der Waals surface area contributed by atoms with Gasteiger partial charge in [0.25, 0.3) is 5.56 Å². The van der Waals surface area contributed by atoms with Crippen molar-refractivity contribution in [1.82, 2.24) is 4.98 Å². The Morgan fingerprint density at radius 1 is 1.25 bits per heavy atom. The summed E-state index contributed by atoms with van der Waals surface area (Å²) in [6.07, 6.45) is 0.611. The topological polar surface area (TPSA) is 32.9 Å². The second-order valence-corrected chi connectivity index (χ2v) is 4.48. The molecule has 0 spiro atoms. The number of H-pyrrole nitrogens is 1. The number of hydrogen-bond donors (Lipinski definition) is 1. The molecule has 0 atom stereocenters. The van der Waals surface area contributed by atoms with Gasteiger partial charge in [-0.25, -0.2) is 0 Å². The second-order valence-electron chi connectivity index (χ2n) is 4.11. The highest BCUT2D eigenvalue weighted by molar-refractivity contribution is 6.18. The van der Waals surface area contributed by atoms with Crippen LogP contribution in [0, 0.1) is 13.8 Å². The average molecular weight is 236 g/mol. The normalized spacial score (nSPS) is 10.9. The second kappa shape index (κ2) is 4.30. The highest BCUT2D eigenvalue weighted by Gasteiger charge is 2.04. The van der Waals surface area contributed by atoms with E-state index in [1.54, 1.807) is 0 Å². The van der Waals surface area contributed by atoms with Crippen molar-refractivity contribution < 1.29 is 0 Å². The van der Waals surface area contributed by atoms with Crippen molar-refractivity contribution in [2.45, 2.75) is 20.3 Å². The first-order chi connectivity index (χ1) is 7.61. The van der Waals surface area contributed by atoms with Crippen LogP contribution in [-0.2, 0) is 6.42 Å². The first-order valence-electron chi connectivity index (χ1n) is 5.31. The summed E-state index contributed by atoms with van der Waals surface area (Å²) < 4.78 is 0. The highest BCUT2D eigenvalue weighted by atomic mass is 35.5. The Kier molecular flexibility index (Phi) is 3.01. The number of aryl methyl sites for hydroxylation is 3. The van der Waals surface area contributed by atoms with E-state index in [2.05, 4.69) is 18.0 Å². The molecule has 0 aliphatic carbocycles. The van der Waals surface area contributed by atoms with E-state index in [0.29, 0.717) is 12.3 Å². The van der Waals surface area contributed by atoms with E-state index < -0.39 is 0 Å². The summed E-state index contributed by atoms with van der Waals surface area (Å²) in [4.78, 5) is 14.6. The van der Waals surface area contributed by atoms with Crippen molar-refractivity contribution in [2.75, 3.05) is 5.88 Å². The van der Waals surface area contributed by atoms with Crippen LogP contribution in [0.4, 0.5) is 0 Å². The molecule has 0 aliphatic heterocycles. The quantitative estimate of drug-likeness (QED) is 0.798. The fourth-order valence-electron chi connectivity index (χ4n) is 2.00. The van der Waals surface area contributed by atoms with E-state index in [1.807, 2.05) is 19.1 Å². The number of fused-ring (bicyclic) bond motifs is 1. The number of aromatic nitrogens is 1. The fraction of sp³-hybridized carbons (Fsp3) is 0.308. The SMILES string of the molecule is Cc1cc(C)c2cc(CCCl)c(=O)[nH]c2c1. The van der Waals surface area contributed by atoms with Crippen molar-refractivity contribution in [3.63, 3.8) is 0 Å². The van der Waals surface area contributed by atoms with Crippen LogP contribution >= 0.6 is 11.6 Å². The Hall–Kier alpha value is -1.28. The number of benzene rings is 1. The van der Waals surface area contributed by atoms with Gasteiger partial charge in [-0.3, -0.25) is 4.79 Å². The average Bonchev–Trinajstić information content (AvgIpc) is 2.20. The lowest BCUT2D eigenvalue weighted by molar-refractivity contribution is 1.09. The molecule has 0 fully saturated rings. The molecule has 3 heteroatoms. The van der Waals surface area contributed by atoms with Gasteiger partial charge in [0, 0.05) is 22.3 Å². The largest absolute Gasteiger partial charge is 0.322 e. The molecule has 1 heterocycles. The Labute approximate surface area is 99.3 Å². The summed E-state index contributed by atoms with van der Waals surface area (Å²) in [5.74, 6) is 0.472. The van der Waals surface area contributed by atoms with Crippen LogP contribution in [0.25, 0.3) is 10.9 Å². The number of pyridine rings is 1. The third-order valence-electron chi connectivity index (χ3n) is 2.75. The van der Waals surface area contributed by atoms with Crippen LogP contribution < -0.4 is 5.56 Å². The molecular formula is C13H14ClNO. The maximum Gasteiger partial charge on any atom is 0.251 e. The van der Waals surface area contributed by atoms with Gasteiger partial charge in [-0.2, -0.15) is 0 Å². The summed E-state index contributed by atoms with van der Waals surface area (Å²) in [5.41, 5.74) is 3.97. The van der Waals surface area contributed by atoms with Crippen molar-refractivity contribution in [2.24, 2.45) is 0 Å². The monoisotopic (exact) mass is 235 g/mol. The van der Waals surface area contributed by atoms with Gasteiger partial charge in [0.1, 0.15) is 0 Å². The zero-order valence-corrected chi connectivity index (χ0v) is 10.2. The number of aromatic amines is 1. The van der Waals surface area contributed by atoms with E-state index in [1.165, 1.54) is 5.56 Å². The molecule has 0 bridgehead atoms. The lowest BCUT2D eigenvalue weighted by Gasteiger charge is -2.06. The molecule has 1 aromatic heterocycles. The Morgan fingerprint density at radius 3 is 2.69 bits per heavy atom. The number of alkyl halides is 1. The van der Waals surface area contributed by atoms with Crippen molar-refractivity contribution in [3.05, 3.63) is 45.2 Å². The molecule has 2 rings (SSSR count). The number of rotatable bonds is 2. The molecule has 0 aliphatic rings. The van der Waals surface area contributed by atoms with Crippen LogP contribution in [0.15, 0.2) is 23.0 Å². The van der Waals surface area contributed by atoms with Crippen molar-refractivity contribution >= 4 is 22.5 Å². The van der Waals surface area contributed by atoms with Crippen LogP contribution in [0.1, 0.15) is 16.7 Å². The minimum Gasteiger partial charge on any atom is -0.322 e. The Bertz CT molecular complexity index is 586. The smallest absolute Gasteiger partial charge is 0.251 e. The Morgan fingerprint density at radius 2 is 2.00 bits per heavy atom. The van der Waals surface area contributed by atoms with Gasteiger partial charge in [0.15, 0.2) is 0 Å². The molecule has 0 radical (unpaired) electrons. The number of halogens is 1. The van der Waals surface area contributed by atoms with Gasteiger partial charge in [0.05, 0.1) is 0 Å². The maximum atomic E-state index is 11.7. The molecule has 0 saturated heterocycles. The summed E-state index contributed by atoms with van der Waals surface area (Å²) in [6, 6.07) is 6.06. The van der Waals surface area contributed by atoms with Gasteiger partial charge < -0.3 is 4.98 Å². The van der Waals surface area contributed by atoms with Gasteiger partial charge in [-0.15, -0.1) is 11.6 Å². The molecule has 84 valence electrons. The molecule has 0 amide bonds. The van der Waals surface area contributed by atoms with Gasteiger partial charge in [-0.05, 0) is 43.5 Å².